The highest BCUT2D eigenvalue weighted by atomic mass is 35.5. The summed E-state index contributed by atoms with van der Waals surface area (Å²) in [6.45, 7) is 1.15. The quantitative estimate of drug-likeness (QED) is 0.490. The normalized spacial score (nSPS) is 11.7. The predicted octanol–water partition coefficient (Wildman–Crippen LogP) is 2.73. The Balaban J connectivity index is 1.99. The number of carbonyl (C=O) groups excluding carboxylic acids is 1. The van der Waals surface area contributed by atoms with E-state index in [2.05, 4.69) is 10.5 Å². The highest BCUT2D eigenvalue weighted by Crippen LogP contribution is 2.31. The van der Waals surface area contributed by atoms with Crippen molar-refractivity contribution in [3.63, 3.8) is 0 Å². The number of amides is 1. The zero-order valence-corrected chi connectivity index (χ0v) is 16.0. The fraction of sp³-hybridized carbons (Fsp3) is 0.211. The van der Waals surface area contributed by atoms with E-state index in [9.17, 15) is 9.59 Å². The van der Waals surface area contributed by atoms with Gasteiger partial charge in [0.15, 0.2) is 24.2 Å². The highest BCUT2D eigenvalue weighted by Gasteiger charge is 2.18. The van der Waals surface area contributed by atoms with Crippen LogP contribution in [0.2, 0.25) is 5.02 Å². The summed E-state index contributed by atoms with van der Waals surface area (Å²) in [7, 11) is 1.43. The molecule has 0 saturated carbocycles. The van der Waals surface area contributed by atoms with E-state index in [0.29, 0.717) is 22.1 Å². The van der Waals surface area contributed by atoms with Crippen LogP contribution in [0.5, 0.6) is 17.2 Å². The Hall–Kier alpha value is -3.26. The van der Waals surface area contributed by atoms with E-state index >= 15 is 0 Å². The smallest absolute Gasteiger partial charge is 0.344 e. The van der Waals surface area contributed by atoms with Crippen molar-refractivity contribution < 1.29 is 28.9 Å². The van der Waals surface area contributed by atoms with Crippen molar-refractivity contribution in [3.05, 3.63) is 53.1 Å². The number of methoxy groups -OCH3 is 1. The first-order valence-electron chi connectivity index (χ1n) is 8.17. The van der Waals surface area contributed by atoms with Gasteiger partial charge in [-0.05, 0) is 43.3 Å². The number of nitrogens with zero attached hydrogens (tertiary/aromatic N) is 1. The molecule has 148 valence electrons. The van der Waals surface area contributed by atoms with Crippen LogP contribution in [0, 0.1) is 0 Å². The van der Waals surface area contributed by atoms with Gasteiger partial charge in [0.05, 0.1) is 13.3 Å². The number of halogens is 1. The van der Waals surface area contributed by atoms with Crippen molar-refractivity contribution >= 4 is 29.7 Å². The van der Waals surface area contributed by atoms with E-state index in [4.69, 9.17) is 30.9 Å². The van der Waals surface area contributed by atoms with Gasteiger partial charge < -0.3 is 19.3 Å². The van der Waals surface area contributed by atoms with Gasteiger partial charge in [-0.25, -0.2) is 10.2 Å². The van der Waals surface area contributed by atoms with Gasteiger partial charge >= 0.3 is 5.97 Å². The fourth-order valence-corrected chi connectivity index (χ4v) is 2.16. The maximum absolute atomic E-state index is 11.8. The topological polar surface area (TPSA) is 106 Å². The standard InChI is InChI=1S/C19H19ClN2O6/c1-12(19(24)25)28-18-13(4-3-5-16(18)26-2)10-21-22-17(23)11-27-15-8-6-14(20)7-9-15/h3-10,12H,11H2,1-2H3,(H,22,23)(H,24,25)/b21-10-/t12-/m1/s1. The molecule has 1 amide bonds. The lowest BCUT2D eigenvalue weighted by molar-refractivity contribution is -0.144. The Labute approximate surface area is 166 Å². The van der Waals surface area contributed by atoms with Gasteiger partial charge in [0.1, 0.15) is 5.75 Å². The third-order valence-electron chi connectivity index (χ3n) is 3.45. The van der Waals surface area contributed by atoms with Crippen molar-refractivity contribution in [1.29, 1.82) is 0 Å². The molecule has 0 saturated heterocycles. The van der Waals surface area contributed by atoms with Crippen LogP contribution in [-0.2, 0) is 9.59 Å². The molecule has 9 heteroatoms. The number of nitrogens with one attached hydrogen (secondary N) is 1. The number of hydrogen-bond donors (Lipinski definition) is 2. The van der Waals surface area contributed by atoms with E-state index < -0.39 is 18.0 Å². The van der Waals surface area contributed by atoms with Gasteiger partial charge in [0.25, 0.3) is 5.91 Å². The lowest BCUT2D eigenvalue weighted by atomic mass is 10.2. The predicted molar refractivity (Wildman–Crippen MR) is 103 cm³/mol. The number of carboxylic acid groups (broad SMARTS) is 1. The van der Waals surface area contributed by atoms with Gasteiger partial charge in [-0.3, -0.25) is 4.79 Å². The van der Waals surface area contributed by atoms with E-state index in [1.807, 2.05) is 0 Å². The summed E-state index contributed by atoms with van der Waals surface area (Å²) in [5.41, 5.74) is 2.76. The summed E-state index contributed by atoms with van der Waals surface area (Å²) in [5, 5.41) is 13.4. The SMILES string of the molecule is COc1cccc(/C=N\NC(=O)COc2ccc(Cl)cc2)c1O[C@H](C)C(=O)O. The molecule has 2 N–H and O–H groups in total. The van der Waals surface area contributed by atoms with Crippen LogP contribution < -0.4 is 19.6 Å². The molecule has 0 heterocycles. The average Bonchev–Trinajstić information content (AvgIpc) is 2.68. The van der Waals surface area contributed by atoms with E-state index in [1.165, 1.54) is 20.2 Å². The molecule has 0 bridgehead atoms. The monoisotopic (exact) mass is 406 g/mol. The molecule has 28 heavy (non-hydrogen) atoms. The van der Waals surface area contributed by atoms with Crippen molar-refractivity contribution in [1.82, 2.24) is 5.43 Å². The molecule has 0 aromatic heterocycles. The zero-order valence-electron chi connectivity index (χ0n) is 15.2. The van der Waals surface area contributed by atoms with Gasteiger partial charge in [-0.15, -0.1) is 0 Å². The molecule has 2 rings (SSSR count). The summed E-state index contributed by atoms with van der Waals surface area (Å²) in [4.78, 5) is 22.9. The highest BCUT2D eigenvalue weighted by molar-refractivity contribution is 6.30. The number of carboxylic acids is 1. The van der Waals surface area contributed by atoms with Gasteiger partial charge in [0, 0.05) is 10.6 Å². The van der Waals surface area contributed by atoms with Crippen LogP contribution in [0.25, 0.3) is 0 Å². The molecular formula is C19H19ClN2O6. The zero-order chi connectivity index (χ0) is 20.5. The lowest BCUT2D eigenvalue weighted by Crippen LogP contribution is -2.25. The second-order valence-corrected chi connectivity index (χ2v) is 5.95. The summed E-state index contributed by atoms with van der Waals surface area (Å²) < 4.78 is 15.9. The van der Waals surface area contributed by atoms with Crippen LogP contribution in [0.1, 0.15) is 12.5 Å². The van der Waals surface area contributed by atoms with Crippen molar-refractivity contribution in [3.8, 4) is 17.2 Å². The molecule has 8 nitrogen and oxygen atoms in total. The number of rotatable bonds is 9. The summed E-state index contributed by atoms with van der Waals surface area (Å²) in [6, 6.07) is 11.5. The second kappa shape index (κ2) is 10.2. The fourth-order valence-electron chi connectivity index (χ4n) is 2.03. The number of hydrogen-bond acceptors (Lipinski definition) is 6. The number of hydrazone groups is 1. The molecule has 0 fully saturated rings. The van der Waals surface area contributed by atoms with E-state index in [0.717, 1.165) is 0 Å². The minimum absolute atomic E-state index is 0.204. The number of aliphatic carboxylic acids is 1. The molecule has 0 unspecified atom stereocenters. The summed E-state index contributed by atoms with van der Waals surface area (Å²) in [6.07, 6.45) is 0.234. The minimum Gasteiger partial charge on any atom is -0.493 e. The Morgan fingerprint density at radius 3 is 2.61 bits per heavy atom. The molecule has 0 aliphatic rings. The maximum atomic E-state index is 11.8. The average molecular weight is 407 g/mol. The Kier molecular flexibility index (Phi) is 7.65. The first-order valence-corrected chi connectivity index (χ1v) is 8.55. The third kappa shape index (κ3) is 6.17. The largest absolute Gasteiger partial charge is 0.493 e. The molecule has 0 aliphatic carbocycles. The number of ether oxygens (including phenoxy) is 3. The molecule has 0 radical (unpaired) electrons. The lowest BCUT2D eigenvalue weighted by Gasteiger charge is -2.15. The third-order valence-corrected chi connectivity index (χ3v) is 3.70. The van der Waals surface area contributed by atoms with Crippen LogP contribution in [0.15, 0.2) is 47.6 Å². The van der Waals surface area contributed by atoms with Crippen molar-refractivity contribution in [2.75, 3.05) is 13.7 Å². The summed E-state index contributed by atoms with van der Waals surface area (Å²) in [5.74, 6) is -0.559. The first-order chi connectivity index (χ1) is 13.4. The molecular weight excluding hydrogens is 388 g/mol. The van der Waals surface area contributed by atoms with Gasteiger partial charge in [-0.2, -0.15) is 5.10 Å². The Morgan fingerprint density at radius 1 is 1.25 bits per heavy atom. The van der Waals surface area contributed by atoms with E-state index in [-0.39, 0.29) is 12.4 Å². The molecule has 0 spiro atoms. The maximum Gasteiger partial charge on any atom is 0.344 e. The van der Waals surface area contributed by atoms with Crippen LogP contribution >= 0.6 is 11.6 Å². The van der Waals surface area contributed by atoms with Crippen LogP contribution in [0.4, 0.5) is 0 Å². The van der Waals surface area contributed by atoms with Crippen molar-refractivity contribution in [2.45, 2.75) is 13.0 Å². The molecule has 1 atom stereocenters. The van der Waals surface area contributed by atoms with Gasteiger partial charge in [-0.1, -0.05) is 17.7 Å². The Morgan fingerprint density at radius 2 is 1.96 bits per heavy atom. The first kappa shape index (κ1) is 21.0. The molecule has 2 aromatic rings. The summed E-state index contributed by atoms with van der Waals surface area (Å²) >= 11 is 5.78. The van der Waals surface area contributed by atoms with E-state index in [1.54, 1.807) is 42.5 Å². The molecule has 2 aromatic carbocycles. The Bertz CT molecular complexity index is 854. The minimum atomic E-state index is -1.12. The molecule has 0 aliphatic heterocycles. The van der Waals surface area contributed by atoms with Gasteiger partial charge in [0.2, 0.25) is 0 Å². The number of benzene rings is 2. The van der Waals surface area contributed by atoms with Crippen LogP contribution in [0.3, 0.4) is 0 Å². The number of para-hydroxylation sites is 1. The second-order valence-electron chi connectivity index (χ2n) is 5.51. The number of carbonyl (C=O) groups is 2. The van der Waals surface area contributed by atoms with Crippen molar-refractivity contribution in [2.24, 2.45) is 5.10 Å². The van der Waals surface area contributed by atoms with Crippen LogP contribution in [-0.4, -0.2) is 43.0 Å².